The summed E-state index contributed by atoms with van der Waals surface area (Å²) in [6.07, 6.45) is 25.9. The minimum Gasteiger partial charge on any atom is -0.494 e. The number of benzene rings is 1. The zero-order valence-electron chi connectivity index (χ0n) is 27.3. The van der Waals surface area contributed by atoms with E-state index in [9.17, 15) is 9.59 Å². The Balaban J connectivity index is 1.62. The molecule has 0 radical (unpaired) electrons. The fourth-order valence-electron chi connectivity index (χ4n) is 5.22. The molecule has 0 fully saturated rings. The molecular formula is C38H59NO4. The molecular weight excluding hydrogens is 534 g/mol. The monoisotopic (exact) mass is 593 g/mol. The van der Waals surface area contributed by atoms with E-state index in [0.717, 1.165) is 30.8 Å². The van der Waals surface area contributed by atoms with Crippen molar-refractivity contribution in [2.24, 2.45) is 0 Å². The molecule has 0 saturated heterocycles. The average molecular weight is 594 g/mol. The van der Waals surface area contributed by atoms with Crippen molar-refractivity contribution in [2.45, 2.75) is 142 Å². The third kappa shape index (κ3) is 17.8. The summed E-state index contributed by atoms with van der Waals surface area (Å²) in [7, 11) is 0. The highest BCUT2D eigenvalue weighted by Crippen LogP contribution is 2.17. The minimum atomic E-state index is -0.551. The van der Waals surface area contributed by atoms with Crippen LogP contribution in [0.2, 0.25) is 0 Å². The second kappa shape index (κ2) is 24.6. The average Bonchev–Trinajstić information content (AvgIpc) is 3.19. The van der Waals surface area contributed by atoms with Gasteiger partial charge in [0.25, 0.3) is 0 Å². The topological polar surface area (TPSA) is 64.6 Å². The lowest BCUT2D eigenvalue weighted by molar-refractivity contribution is 0.0733. The molecule has 0 aliphatic rings. The second-order valence-corrected chi connectivity index (χ2v) is 11.9. The number of carbonyl (C=O) groups is 1. The number of unbranched alkanes of at least 4 members (excludes halogenated alkanes) is 18. The lowest BCUT2D eigenvalue weighted by Gasteiger charge is -2.07. The van der Waals surface area contributed by atoms with Crippen molar-refractivity contribution >= 4 is 11.7 Å². The van der Waals surface area contributed by atoms with Crippen LogP contribution in [-0.2, 0) is 0 Å². The summed E-state index contributed by atoms with van der Waals surface area (Å²) in [6.45, 7) is 6.05. The predicted octanol–water partition coefficient (Wildman–Crippen LogP) is 10.9. The molecule has 2 aromatic carbocycles. The van der Waals surface area contributed by atoms with Crippen LogP contribution in [0.3, 0.4) is 0 Å². The number of nitrogens with one attached hydrogen (secondary N) is 1. The Morgan fingerprint density at radius 2 is 1.07 bits per heavy atom. The van der Waals surface area contributed by atoms with E-state index in [4.69, 9.17) is 9.47 Å². The van der Waals surface area contributed by atoms with Crippen LogP contribution in [0.15, 0.2) is 53.3 Å². The summed E-state index contributed by atoms with van der Waals surface area (Å²) in [5.74, 6) is 0.212. The van der Waals surface area contributed by atoms with Crippen molar-refractivity contribution in [3.63, 3.8) is 0 Å². The summed E-state index contributed by atoms with van der Waals surface area (Å²) < 4.78 is 11.3. The van der Waals surface area contributed by atoms with E-state index in [1.165, 1.54) is 122 Å². The molecule has 0 aliphatic heterocycles. The number of carbonyl (C=O) groups excluding carboxylic acids is 1. The molecule has 0 aliphatic carbocycles. The van der Waals surface area contributed by atoms with E-state index < -0.39 is 5.97 Å². The first kappa shape index (κ1) is 36.4. The Hall–Kier alpha value is -2.82. The predicted molar refractivity (Wildman–Crippen MR) is 182 cm³/mol. The third-order valence-electron chi connectivity index (χ3n) is 7.99. The standard InChI is InChI=1S/C38H59NO4/c1-3-5-7-9-11-13-15-17-19-21-31-39-34-25-29-36(40)37(30-26-34)43-38(41)33-23-27-35(28-24-33)42-32-22-20-18-16-14-12-10-8-6-4-2/h23-30,39H,3-22,31-32H2,1-2H3. The third-order valence-corrected chi connectivity index (χ3v) is 7.99. The van der Waals surface area contributed by atoms with Gasteiger partial charge in [0.2, 0.25) is 5.43 Å². The molecule has 2 aromatic rings. The Morgan fingerprint density at radius 3 is 1.63 bits per heavy atom. The summed E-state index contributed by atoms with van der Waals surface area (Å²) in [4.78, 5) is 25.2. The van der Waals surface area contributed by atoms with Gasteiger partial charge in [-0.15, -0.1) is 0 Å². The highest BCUT2D eigenvalue weighted by atomic mass is 16.5. The fourth-order valence-corrected chi connectivity index (χ4v) is 5.22. The minimum absolute atomic E-state index is 0.0262. The van der Waals surface area contributed by atoms with Crippen molar-refractivity contribution in [1.82, 2.24) is 0 Å². The summed E-state index contributed by atoms with van der Waals surface area (Å²) >= 11 is 0. The smallest absolute Gasteiger partial charge is 0.343 e. The molecule has 5 heteroatoms. The molecule has 0 amide bonds. The van der Waals surface area contributed by atoms with E-state index in [-0.39, 0.29) is 11.2 Å². The van der Waals surface area contributed by atoms with Gasteiger partial charge in [0.15, 0.2) is 5.75 Å². The number of hydrogen-bond donors (Lipinski definition) is 1. The molecule has 43 heavy (non-hydrogen) atoms. The van der Waals surface area contributed by atoms with E-state index in [1.54, 1.807) is 42.5 Å². The molecule has 0 bridgehead atoms. The van der Waals surface area contributed by atoms with E-state index in [1.807, 2.05) is 0 Å². The first-order chi connectivity index (χ1) is 21.1. The van der Waals surface area contributed by atoms with Crippen molar-refractivity contribution in [3.8, 4) is 11.5 Å². The molecule has 5 nitrogen and oxygen atoms in total. The van der Waals surface area contributed by atoms with Crippen molar-refractivity contribution in [1.29, 1.82) is 0 Å². The van der Waals surface area contributed by atoms with E-state index in [0.29, 0.717) is 12.2 Å². The van der Waals surface area contributed by atoms with E-state index >= 15 is 0 Å². The second-order valence-electron chi connectivity index (χ2n) is 11.9. The maximum Gasteiger partial charge on any atom is 0.343 e. The zero-order valence-corrected chi connectivity index (χ0v) is 27.3. The normalized spacial score (nSPS) is 10.9. The van der Waals surface area contributed by atoms with Gasteiger partial charge in [-0.2, -0.15) is 0 Å². The van der Waals surface area contributed by atoms with Gasteiger partial charge in [0.05, 0.1) is 12.2 Å². The van der Waals surface area contributed by atoms with Gasteiger partial charge in [-0.3, -0.25) is 4.79 Å². The van der Waals surface area contributed by atoms with Crippen molar-refractivity contribution < 1.29 is 14.3 Å². The Bertz CT molecular complexity index is 1040. The van der Waals surface area contributed by atoms with Crippen LogP contribution >= 0.6 is 0 Å². The molecule has 0 spiro atoms. The first-order valence-electron chi connectivity index (χ1n) is 17.5. The molecule has 2 rings (SSSR count). The highest BCUT2D eigenvalue weighted by Gasteiger charge is 2.11. The fraction of sp³-hybridized carbons (Fsp3) is 0.632. The van der Waals surface area contributed by atoms with Gasteiger partial charge >= 0.3 is 5.97 Å². The van der Waals surface area contributed by atoms with Crippen LogP contribution in [0.25, 0.3) is 0 Å². The number of ether oxygens (including phenoxy) is 2. The molecule has 0 aromatic heterocycles. The quantitative estimate of drug-likeness (QED) is 0.0868. The SMILES string of the molecule is CCCCCCCCCCCCNc1ccc(OC(=O)c2ccc(OCCCCCCCCCCCC)cc2)c(=O)cc1. The number of hydrogen-bond acceptors (Lipinski definition) is 5. The lowest BCUT2D eigenvalue weighted by atomic mass is 10.1. The molecule has 0 heterocycles. The van der Waals surface area contributed by atoms with Crippen LogP contribution in [0.5, 0.6) is 11.5 Å². The lowest BCUT2D eigenvalue weighted by Crippen LogP contribution is -2.13. The van der Waals surface area contributed by atoms with Crippen molar-refractivity contribution in [3.05, 3.63) is 64.3 Å². The van der Waals surface area contributed by atoms with Gasteiger partial charge < -0.3 is 14.8 Å². The molecule has 0 atom stereocenters. The van der Waals surface area contributed by atoms with Gasteiger partial charge in [-0.1, -0.05) is 129 Å². The Labute approximate surface area is 262 Å². The van der Waals surface area contributed by atoms with Gasteiger partial charge in [-0.05, 0) is 61.4 Å². The van der Waals surface area contributed by atoms with Crippen LogP contribution in [0.4, 0.5) is 5.69 Å². The summed E-state index contributed by atoms with van der Waals surface area (Å²) in [5, 5.41) is 3.38. The summed E-state index contributed by atoms with van der Waals surface area (Å²) in [6, 6.07) is 13.5. The van der Waals surface area contributed by atoms with Crippen LogP contribution in [0, 0.1) is 0 Å². The largest absolute Gasteiger partial charge is 0.494 e. The van der Waals surface area contributed by atoms with Crippen LogP contribution in [-0.4, -0.2) is 19.1 Å². The maximum atomic E-state index is 12.7. The van der Waals surface area contributed by atoms with E-state index in [2.05, 4.69) is 19.2 Å². The molecule has 240 valence electrons. The number of esters is 1. The highest BCUT2D eigenvalue weighted by molar-refractivity contribution is 5.91. The maximum absolute atomic E-state index is 12.7. The first-order valence-corrected chi connectivity index (χ1v) is 17.5. The Kier molecular flexibility index (Phi) is 20.8. The number of anilines is 1. The zero-order chi connectivity index (χ0) is 30.8. The van der Waals surface area contributed by atoms with Gasteiger partial charge in [-0.25, -0.2) is 4.79 Å². The van der Waals surface area contributed by atoms with Crippen LogP contribution in [0.1, 0.15) is 153 Å². The van der Waals surface area contributed by atoms with Gasteiger partial charge in [0, 0.05) is 12.2 Å². The summed E-state index contributed by atoms with van der Waals surface area (Å²) in [5.41, 5.74) is 0.910. The van der Waals surface area contributed by atoms with Gasteiger partial charge in [0.1, 0.15) is 5.75 Å². The number of rotatable bonds is 26. The molecule has 1 N–H and O–H groups in total. The van der Waals surface area contributed by atoms with Crippen molar-refractivity contribution in [2.75, 3.05) is 18.5 Å². The Morgan fingerprint density at radius 1 is 0.581 bits per heavy atom. The van der Waals surface area contributed by atoms with Crippen LogP contribution < -0.4 is 20.2 Å². The molecule has 0 unspecified atom stereocenters. The molecule has 0 saturated carbocycles.